The lowest BCUT2D eigenvalue weighted by Gasteiger charge is -2.11. The molecule has 0 heterocycles. The summed E-state index contributed by atoms with van der Waals surface area (Å²) in [6.07, 6.45) is 1.33. The number of hydrogen-bond acceptors (Lipinski definition) is 4. The van der Waals surface area contributed by atoms with Gasteiger partial charge in [0.25, 0.3) is 0 Å². The van der Waals surface area contributed by atoms with Crippen LogP contribution in [0.5, 0.6) is 0 Å². The lowest BCUT2D eigenvalue weighted by atomic mass is 10.4. The van der Waals surface area contributed by atoms with Gasteiger partial charge in [-0.15, -0.1) is 0 Å². The van der Waals surface area contributed by atoms with E-state index >= 15 is 0 Å². The second kappa shape index (κ2) is 5.60. The van der Waals surface area contributed by atoms with E-state index in [9.17, 15) is 4.79 Å². The predicted octanol–water partition coefficient (Wildman–Crippen LogP) is 0.251. The Hall–Kier alpha value is -1.03. The molecule has 0 fully saturated rings. The van der Waals surface area contributed by atoms with Crippen LogP contribution >= 0.6 is 0 Å². The second-order valence-corrected chi connectivity index (χ2v) is 2.58. The zero-order valence-electron chi connectivity index (χ0n) is 7.96. The van der Waals surface area contributed by atoms with Crippen LogP contribution in [0.3, 0.4) is 0 Å². The molecule has 4 heteroatoms. The highest BCUT2D eigenvalue weighted by molar-refractivity contribution is 5.82. The molecule has 4 nitrogen and oxygen atoms in total. The van der Waals surface area contributed by atoms with E-state index < -0.39 is 5.97 Å². The van der Waals surface area contributed by atoms with Gasteiger partial charge >= 0.3 is 5.97 Å². The Balaban J connectivity index is 4.13. The number of hydrogen-bond donors (Lipinski definition) is 0. The summed E-state index contributed by atoms with van der Waals surface area (Å²) in [4.78, 5) is 12.7. The largest absolute Gasteiger partial charge is 0.499 e. The zero-order valence-corrected chi connectivity index (χ0v) is 7.96. The molecule has 0 amide bonds. The van der Waals surface area contributed by atoms with Crippen molar-refractivity contribution in [2.75, 3.05) is 34.9 Å². The fourth-order valence-corrected chi connectivity index (χ4v) is 0.671. The number of likely N-dealkylation sites (N-methyl/N-ethyl adjacent to an activating group) is 1. The monoisotopic (exact) mass is 173 g/mol. The molecule has 0 saturated carbocycles. The first-order valence-electron chi connectivity index (χ1n) is 3.57. The normalized spacial score (nSPS) is 11.6. The third-order valence-corrected chi connectivity index (χ3v) is 1.21. The predicted molar refractivity (Wildman–Crippen MR) is 45.7 cm³/mol. The van der Waals surface area contributed by atoms with Crippen molar-refractivity contribution in [3.8, 4) is 0 Å². The van der Waals surface area contributed by atoms with E-state index in [1.165, 1.54) is 20.3 Å². The summed E-state index contributed by atoms with van der Waals surface area (Å²) in [5.41, 5.74) is 0. The fraction of sp³-hybridized carbons (Fsp3) is 0.625. The van der Waals surface area contributed by atoms with Crippen molar-refractivity contribution in [1.82, 2.24) is 4.90 Å². The highest BCUT2D eigenvalue weighted by Gasteiger charge is 2.02. The van der Waals surface area contributed by atoms with E-state index in [2.05, 4.69) is 4.74 Å². The standard InChI is InChI=1S/C8H15NO3/c1-9(2)6-7(11-3)5-8(10)12-4/h5H,6H2,1-4H3/b7-5+. The van der Waals surface area contributed by atoms with Gasteiger partial charge in [-0.05, 0) is 14.1 Å². The Morgan fingerprint density at radius 1 is 1.33 bits per heavy atom. The molecule has 0 radical (unpaired) electrons. The van der Waals surface area contributed by atoms with Gasteiger partial charge < -0.3 is 14.4 Å². The number of ether oxygens (including phenoxy) is 2. The Labute approximate surface area is 72.8 Å². The maximum atomic E-state index is 10.8. The van der Waals surface area contributed by atoms with Crippen molar-refractivity contribution in [3.63, 3.8) is 0 Å². The smallest absolute Gasteiger partial charge is 0.333 e. The molecule has 0 bridgehead atoms. The Morgan fingerprint density at radius 2 is 1.92 bits per heavy atom. The highest BCUT2D eigenvalue weighted by atomic mass is 16.5. The first kappa shape index (κ1) is 11.0. The maximum absolute atomic E-state index is 10.8. The maximum Gasteiger partial charge on any atom is 0.333 e. The summed E-state index contributed by atoms with van der Waals surface area (Å²) < 4.78 is 9.40. The van der Waals surface area contributed by atoms with Gasteiger partial charge in [0.1, 0.15) is 5.76 Å². The Kier molecular flexibility index (Phi) is 5.12. The van der Waals surface area contributed by atoms with Crippen LogP contribution in [0.1, 0.15) is 0 Å². The number of nitrogens with zero attached hydrogens (tertiary/aromatic N) is 1. The summed E-state index contributed by atoms with van der Waals surface area (Å²) in [6, 6.07) is 0. The van der Waals surface area contributed by atoms with Crippen LogP contribution in [0, 0.1) is 0 Å². The number of rotatable bonds is 4. The van der Waals surface area contributed by atoms with E-state index in [4.69, 9.17) is 4.74 Å². The van der Waals surface area contributed by atoms with E-state index in [0.717, 1.165) is 0 Å². The summed E-state index contributed by atoms with van der Waals surface area (Å²) in [5, 5.41) is 0. The molecule has 0 atom stereocenters. The van der Waals surface area contributed by atoms with Gasteiger partial charge in [0.15, 0.2) is 0 Å². The molecule has 70 valence electrons. The molecule has 0 saturated heterocycles. The summed E-state index contributed by atoms with van der Waals surface area (Å²) in [7, 11) is 6.65. The minimum Gasteiger partial charge on any atom is -0.499 e. The molecule has 0 aromatic heterocycles. The van der Waals surface area contributed by atoms with E-state index in [1.807, 2.05) is 19.0 Å². The molecule has 12 heavy (non-hydrogen) atoms. The van der Waals surface area contributed by atoms with Crippen molar-refractivity contribution < 1.29 is 14.3 Å². The van der Waals surface area contributed by atoms with Crippen LogP contribution in [0.25, 0.3) is 0 Å². The van der Waals surface area contributed by atoms with Crippen molar-refractivity contribution in [3.05, 3.63) is 11.8 Å². The quantitative estimate of drug-likeness (QED) is 0.347. The van der Waals surface area contributed by atoms with Gasteiger partial charge in [0, 0.05) is 0 Å². The minimum atomic E-state index is -0.395. The lowest BCUT2D eigenvalue weighted by Crippen LogP contribution is -2.17. The molecule has 0 unspecified atom stereocenters. The van der Waals surface area contributed by atoms with Crippen molar-refractivity contribution in [2.24, 2.45) is 0 Å². The number of carbonyl (C=O) groups is 1. The topological polar surface area (TPSA) is 38.8 Å². The molecular weight excluding hydrogens is 158 g/mol. The highest BCUT2D eigenvalue weighted by Crippen LogP contribution is 1.97. The van der Waals surface area contributed by atoms with Gasteiger partial charge in [-0.1, -0.05) is 0 Å². The summed E-state index contributed by atoms with van der Waals surface area (Å²) in [6.45, 7) is 0.589. The number of esters is 1. The van der Waals surface area contributed by atoms with Crippen LogP contribution in [0.2, 0.25) is 0 Å². The Bertz CT molecular complexity index is 175. The molecular formula is C8H15NO3. The minimum absolute atomic E-state index is 0.395. The van der Waals surface area contributed by atoms with Crippen molar-refractivity contribution in [1.29, 1.82) is 0 Å². The fourth-order valence-electron chi connectivity index (χ4n) is 0.671. The molecule has 0 rings (SSSR count). The molecule has 0 N–H and O–H groups in total. The summed E-state index contributed by atoms with van der Waals surface area (Å²) in [5.74, 6) is 0.195. The van der Waals surface area contributed by atoms with E-state index in [1.54, 1.807) is 0 Å². The molecule has 0 aliphatic heterocycles. The first-order valence-corrected chi connectivity index (χ1v) is 3.57. The molecule has 0 aromatic rings. The SMILES string of the molecule is COC(=O)/C=C(\CN(C)C)OC. The van der Waals surface area contributed by atoms with Crippen LogP contribution in [-0.2, 0) is 14.3 Å². The number of carbonyl (C=O) groups excluding carboxylic acids is 1. The number of methoxy groups -OCH3 is 2. The van der Waals surface area contributed by atoms with Gasteiger partial charge in [0.2, 0.25) is 0 Å². The molecule has 0 aliphatic carbocycles. The van der Waals surface area contributed by atoms with Crippen LogP contribution in [-0.4, -0.2) is 45.7 Å². The van der Waals surface area contributed by atoms with E-state index in [0.29, 0.717) is 12.3 Å². The lowest BCUT2D eigenvalue weighted by molar-refractivity contribution is -0.135. The van der Waals surface area contributed by atoms with E-state index in [-0.39, 0.29) is 0 Å². The van der Waals surface area contributed by atoms with Gasteiger partial charge in [0.05, 0.1) is 26.8 Å². The third kappa shape index (κ3) is 4.73. The van der Waals surface area contributed by atoms with Crippen LogP contribution < -0.4 is 0 Å². The average Bonchev–Trinajstić information content (AvgIpc) is 2.02. The second-order valence-electron chi connectivity index (χ2n) is 2.58. The Morgan fingerprint density at radius 3 is 2.25 bits per heavy atom. The summed E-state index contributed by atoms with van der Waals surface area (Å²) >= 11 is 0. The average molecular weight is 173 g/mol. The zero-order chi connectivity index (χ0) is 9.56. The van der Waals surface area contributed by atoms with Crippen LogP contribution in [0.4, 0.5) is 0 Å². The van der Waals surface area contributed by atoms with Gasteiger partial charge in [-0.25, -0.2) is 4.79 Å². The molecule has 0 aromatic carbocycles. The van der Waals surface area contributed by atoms with Gasteiger partial charge in [-0.2, -0.15) is 0 Å². The van der Waals surface area contributed by atoms with Gasteiger partial charge in [-0.3, -0.25) is 0 Å². The molecule has 0 aliphatic rings. The van der Waals surface area contributed by atoms with Crippen molar-refractivity contribution in [2.45, 2.75) is 0 Å². The van der Waals surface area contributed by atoms with Crippen molar-refractivity contribution >= 4 is 5.97 Å². The molecule has 0 spiro atoms. The first-order chi connectivity index (χ1) is 5.60. The van der Waals surface area contributed by atoms with Crippen LogP contribution in [0.15, 0.2) is 11.8 Å². The third-order valence-electron chi connectivity index (χ3n) is 1.21.